The fraction of sp³-hybridized carbons (Fsp3) is 0.261. The van der Waals surface area contributed by atoms with Crippen molar-refractivity contribution in [3.63, 3.8) is 0 Å². The summed E-state index contributed by atoms with van der Waals surface area (Å²) in [5.74, 6) is 0.473. The number of nitrogens with zero attached hydrogens (tertiary/aromatic N) is 2. The number of aryl methyl sites for hydroxylation is 1. The number of amides is 1. The quantitative estimate of drug-likeness (QED) is 0.377. The maximum Gasteiger partial charge on any atom is 0.251 e. The Morgan fingerprint density at radius 2 is 2.03 bits per heavy atom. The largest absolute Gasteiger partial charge is 0.493 e. The van der Waals surface area contributed by atoms with E-state index in [0.717, 1.165) is 18.4 Å². The van der Waals surface area contributed by atoms with Crippen molar-refractivity contribution in [1.29, 1.82) is 0 Å². The van der Waals surface area contributed by atoms with Gasteiger partial charge in [-0.3, -0.25) is 9.59 Å². The first-order chi connectivity index (χ1) is 15.0. The normalized spacial score (nSPS) is 13.1. The SMILES string of the molecule is Cc1ccc(C(=O)NC2CC2)cc1-n1ncc(C(=O)c2cccc(OCCBr)c2)c1N. The molecule has 0 spiro atoms. The lowest BCUT2D eigenvalue weighted by atomic mass is 10.1. The maximum absolute atomic E-state index is 13.1. The first-order valence-corrected chi connectivity index (χ1v) is 11.2. The minimum atomic E-state index is -0.242. The van der Waals surface area contributed by atoms with Crippen LogP contribution in [0.3, 0.4) is 0 Å². The number of carbonyl (C=O) groups is 2. The topological polar surface area (TPSA) is 99.2 Å². The molecule has 0 saturated heterocycles. The van der Waals surface area contributed by atoms with Crippen LogP contribution in [0.1, 0.15) is 44.7 Å². The average Bonchev–Trinajstić information content (AvgIpc) is 3.51. The molecule has 3 aromatic rings. The number of rotatable bonds is 8. The molecule has 1 aromatic heterocycles. The maximum atomic E-state index is 13.1. The molecule has 0 radical (unpaired) electrons. The molecule has 4 rings (SSSR count). The zero-order valence-corrected chi connectivity index (χ0v) is 18.7. The van der Waals surface area contributed by atoms with Gasteiger partial charge in [-0.05, 0) is 49.6 Å². The van der Waals surface area contributed by atoms with Crippen LogP contribution >= 0.6 is 15.9 Å². The lowest BCUT2D eigenvalue weighted by molar-refractivity contribution is 0.0950. The molecule has 1 saturated carbocycles. The van der Waals surface area contributed by atoms with E-state index in [-0.39, 0.29) is 23.6 Å². The molecule has 160 valence electrons. The van der Waals surface area contributed by atoms with Gasteiger partial charge in [-0.1, -0.05) is 34.1 Å². The third kappa shape index (κ3) is 4.64. The van der Waals surface area contributed by atoms with Gasteiger partial charge in [0, 0.05) is 22.5 Å². The van der Waals surface area contributed by atoms with Crippen molar-refractivity contribution in [2.45, 2.75) is 25.8 Å². The number of hydrogen-bond donors (Lipinski definition) is 2. The molecule has 1 aliphatic rings. The molecule has 1 amide bonds. The third-order valence-electron chi connectivity index (χ3n) is 5.11. The molecule has 0 bridgehead atoms. The van der Waals surface area contributed by atoms with Crippen LogP contribution in [0.25, 0.3) is 5.69 Å². The van der Waals surface area contributed by atoms with Crippen LogP contribution in [-0.2, 0) is 0 Å². The summed E-state index contributed by atoms with van der Waals surface area (Å²) in [7, 11) is 0. The van der Waals surface area contributed by atoms with Crippen LogP contribution in [-0.4, -0.2) is 39.4 Å². The zero-order chi connectivity index (χ0) is 22.0. The Hall–Kier alpha value is -3.13. The van der Waals surface area contributed by atoms with E-state index in [4.69, 9.17) is 10.5 Å². The number of alkyl halides is 1. The third-order valence-corrected chi connectivity index (χ3v) is 5.43. The second-order valence-electron chi connectivity index (χ2n) is 7.50. The van der Waals surface area contributed by atoms with Gasteiger partial charge < -0.3 is 15.8 Å². The number of carbonyl (C=O) groups excluding carboxylic acids is 2. The van der Waals surface area contributed by atoms with Gasteiger partial charge in [0.15, 0.2) is 5.78 Å². The molecular weight excluding hydrogens is 460 g/mol. The summed E-state index contributed by atoms with van der Waals surface area (Å²) in [6.45, 7) is 2.41. The van der Waals surface area contributed by atoms with Crippen LogP contribution in [0, 0.1) is 6.92 Å². The van der Waals surface area contributed by atoms with Gasteiger partial charge in [0.05, 0.1) is 24.1 Å². The lowest BCUT2D eigenvalue weighted by Crippen LogP contribution is -2.25. The minimum absolute atomic E-state index is 0.119. The number of hydrogen-bond acceptors (Lipinski definition) is 5. The highest BCUT2D eigenvalue weighted by molar-refractivity contribution is 9.09. The Bertz CT molecular complexity index is 1140. The summed E-state index contributed by atoms with van der Waals surface area (Å²) < 4.78 is 7.08. The molecule has 1 aliphatic carbocycles. The Morgan fingerprint density at radius 3 is 2.77 bits per heavy atom. The highest BCUT2D eigenvalue weighted by Crippen LogP contribution is 2.25. The van der Waals surface area contributed by atoms with Crippen molar-refractivity contribution in [1.82, 2.24) is 15.1 Å². The number of halogens is 1. The zero-order valence-electron chi connectivity index (χ0n) is 17.1. The number of anilines is 1. The number of nitrogens with one attached hydrogen (secondary N) is 1. The standard InChI is InChI=1S/C23H23BrN4O3/c1-14-5-6-16(23(30)27-17-7-8-17)12-20(14)28-22(25)19(13-26-28)21(29)15-3-2-4-18(11-15)31-10-9-24/h2-6,11-13,17H,7-10,25H2,1H3,(H,27,30). The number of ketones is 1. The molecule has 31 heavy (non-hydrogen) atoms. The van der Waals surface area contributed by atoms with Crippen LogP contribution in [0.5, 0.6) is 5.75 Å². The summed E-state index contributed by atoms with van der Waals surface area (Å²) >= 11 is 3.32. The average molecular weight is 483 g/mol. The van der Waals surface area contributed by atoms with Crippen LogP contribution in [0.4, 0.5) is 5.82 Å². The Balaban J connectivity index is 1.62. The molecule has 2 aromatic carbocycles. The first kappa shape index (κ1) is 21.1. The van der Waals surface area contributed by atoms with Crippen LogP contribution in [0.15, 0.2) is 48.7 Å². The summed E-state index contributed by atoms with van der Waals surface area (Å²) in [6.07, 6.45) is 3.49. The van der Waals surface area contributed by atoms with E-state index < -0.39 is 0 Å². The highest BCUT2D eigenvalue weighted by atomic mass is 79.9. The number of aromatic nitrogens is 2. The van der Waals surface area contributed by atoms with Crippen molar-refractivity contribution in [2.75, 3.05) is 17.7 Å². The van der Waals surface area contributed by atoms with Gasteiger partial charge in [0.1, 0.15) is 11.6 Å². The molecule has 8 heteroatoms. The van der Waals surface area contributed by atoms with Crippen LogP contribution < -0.4 is 15.8 Å². The molecule has 3 N–H and O–H groups in total. The predicted molar refractivity (Wildman–Crippen MR) is 122 cm³/mol. The van der Waals surface area contributed by atoms with Gasteiger partial charge in [0.25, 0.3) is 5.91 Å². The highest BCUT2D eigenvalue weighted by Gasteiger charge is 2.24. The van der Waals surface area contributed by atoms with E-state index in [9.17, 15) is 9.59 Å². The van der Waals surface area contributed by atoms with Crippen molar-refractivity contribution < 1.29 is 14.3 Å². The van der Waals surface area contributed by atoms with E-state index in [1.807, 2.05) is 13.0 Å². The molecule has 1 fully saturated rings. The van der Waals surface area contributed by atoms with Crippen molar-refractivity contribution >= 4 is 33.4 Å². The summed E-state index contributed by atoms with van der Waals surface area (Å²) in [4.78, 5) is 25.5. The van der Waals surface area contributed by atoms with E-state index in [2.05, 4.69) is 26.3 Å². The monoisotopic (exact) mass is 482 g/mol. The fourth-order valence-corrected chi connectivity index (χ4v) is 3.40. The second kappa shape index (κ2) is 8.93. The van der Waals surface area contributed by atoms with Crippen molar-refractivity contribution in [3.05, 3.63) is 70.9 Å². The molecule has 0 aliphatic heterocycles. The Kier molecular flexibility index (Phi) is 6.08. The van der Waals surface area contributed by atoms with Gasteiger partial charge >= 0.3 is 0 Å². The summed E-state index contributed by atoms with van der Waals surface area (Å²) in [5, 5.41) is 8.02. The van der Waals surface area contributed by atoms with Gasteiger partial charge in [-0.15, -0.1) is 0 Å². The second-order valence-corrected chi connectivity index (χ2v) is 8.29. The minimum Gasteiger partial charge on any atom is -0.493 e. The lowest BCUT2D eigenvalue weighted by Gasteiger charge is -2.11. The fourth-order valence-electron chi connectivity index (χ4n) is 3.24. The van der Waals surface area contributed by atoms with E-state index in [1.54, 1.807) is 36.4 Å². The number of ether oxygens (including phenoxy) is 1. The van der Waals surface area contributed by atoms with Crippen LogP contribution in [0.2, 0.25) is 0 Å². The molecular formula is C23H23BrN4O3. The van der Waals surface area contributed by atoms with Crippen molar-refractivity contribution in [2.24, 2.45) is 0 Å². The van der Waals surface area contributed by atoms with Gasteiger partial charge in [0.2, 0.25) is 0 Å². The number of benzene rings is 2. The summed E-state index contributed by atoms with van der Waals surface area (Å²) in [5.41, 5.74) is 9.17. The molecule has 0 atom stereocenters. The molecule has 7 nitrogen and oxygen atoms in total. The number of nitrogens with two attached hydrogens (primary N) is 1. The first-order valence-electron chi connectivity index (χ1n) is 10.1. The van der Waals surface area contributed by atoms with Gasteiger partial charge in [-0.2, -0.15) is 5.10 Å². The summed E-state index contributed by atoms with van der Waals surface area (Å²) in [6, 6.07) is 12.6. The predicted octanol–water partition coefficient (Wildman–Crippen LogP) is 3.66. The van der Waals surface area contributed by atoms with E-state index in [0.29, 0.717) is 40.1 Å². The smallest absolute Gasteiger partial charge is 0.251 e. The number of nitrogen functional groups attached to an aromatic ring is 1. The molecule has 0 unspecified atom stereocenters. The van der Waals surface area contributed by atoms with E-state index in [1.165, 1.54) is 10.9 Å². The Morgan fingerprint density at radius 1 is 1.23 bits per heavy atom. The van der Waals surface area contributed by atoms with Crippen molar-refractivity contribution in [3.8, 4) is 11.4 Å². The van der Waals surface area contributed by atoms with E-state index >= 15 is 0 Å². The van der Waals surface area contributed by atoms with Gasteiger partial charge in [-0.25, -0.2) is 4.68 Å². The Labute approximate surface area is 188 Å². The molecule has 1 heterocycles.